The van der Waals surface area contributed by atoms with Gasteiger partial charge in [0.15, 0.2) is 0 Å². The minimum atomic E-state index is -0.156. The van der Waals surface area contributed by atoms with E-state index >= 15 is 0 Å². The smallest absolute Gasteiger partial charge is 0.230 e. The molecule has 1 unspecified atom stereocenters. The van der Waals surface area contributed by atoms with Crippen LogP contribution in [-0.4, -0.2) is 46.1 Å². The Balaban J connectivity index is 1.68. The van der Waals surface area contributed by atoms with Gasteiger partial charge in [0, 0.05) is 19.7 Å². The zero-order chi connectivity index (χ0) is 15.7. The molecular formula is C17H23N3O2. The third-order valence-electron chi connectivity index (χ3n) is 4.37. The van der Waals surface area contributed by atoms with Crippen LogP contribution in [0.4, 0.5) is 0 Å². The number of para-hydroxylation sites is 2. The van der Waals surface area contributed by atoms with Gasteiger partial charge in [0.05, 0.1) is 23.1 Å². The van der Waals surface area contributed by atoms with Crippen molar-refractivity contribution in [1.29, 1.82) is 0 Å². The van der Waals surface area contributed by atoms with Crippen LogP contribution in [0, 0.1) is 0 Å². The molecule has 0 saturated carbocycles. The zero-order valence-corrected chi connectivity index (χ0v) is 13.4. The molecule has 22 heavy (non-hydrogen) atoms. The van der Waals surface area contributed by atoms with Gasteiger partial charge in [-0.05, 0) is 38.8 Å². The van der Waals surface area contributed by atoms with Crippen molar-refractivity contribution in [1.82, 2.24) is 14.9 Å². The number of carbonyl (C=O) groups excluding carboxylic acids is 1. The summed E-state index contributed by atoms with van der Waals surface area (Å²) in [6.07, 6.45) is 2.07. The molecule has 0 spiro atoms. The molecule has 1 fully saturated rings. The largest absolute Gasteiger partial charge is 0.375 e. The van der Waals surface area contributed by atoms with E-state index in [4.69, 9.17) is 4.74 Å². The van der Waals surface area contributed by atoms with Crippen molar-refractivity contribution >= 4 is 16.9 Å². The van der Waals surface area contributed by atoms with E-state index in [-0.39, 0.29) is 17.6 Å². The number of amides is 1. The molecule has 1 aliphatic heterocycles. The van der Waals surface area contributed by atoms with E-state index in [1.807, 2.05) is 36.2 Å². The number of nitrogens with one attached hydrogen (secondary N) is 1. The lowest BCUT2D eigenvalue weighted by Crippen LogP contribution is -2.47. The number of aromatic nitrogens is 2. The highest BCUT2D eigenvalue weighted by molar-refractivity contribution is 5.80. The van der Waals surface area contributed by atoms with Crippen molar-refractivity contribution in [3.05, 3.63) is 30.1 Å². The van der Waals surface area contributed by atoms with Gasteiger partial charge in [-0.1, -0.05) is 12.1 Å². The van der Waals surface area contributed by atoms with Crippen LogP contribution in [0.5, 0.6) is 0 Å². The molecular weight excluding hydrogens is 278 g/mol. The first-order valence-corrected chi connectivity index (χ1v) is 7.78. The number of hydrogen-bond donors (Lipinski definition) is 1. The highest BCUT2D eigenvalue weighted by Crippen LogP contribution is 2.27. The first-order chi connectivity index (χ1) is 10.4. The number of rotatable bonds is 3. The number of fused-ring (bicyclic) bond motifs is 1. The highest BCUT2D eigenvalue weighted by atomic mass is 16.5. The fourth-order valence-corrected chi connectivity index (χ4v) is 3.09. The van der Waals surface area contributed by atoms with Crippen LogP contribution < -0.4 is 0 Å². The van der Waals surface area contributed by atoms with E-state index in [0.717, 1.165) is 29.7 Å². The lowest BCUT2D eigenvalue weighted by Gasteiger charge is -2.39. The molecule has 2 heterocycles. The van der Waals surface area contributed by atoms with Crippen LogP contribution in [0.2, 0.25) is 0 Å². The Kier molecular flexibility index (Phi) is 3.91. The number of imidazole rings is 1. The molecule has 2 aromatic rings. The molecule has 1 amide bonds. The van der Waals surface area contributed by atoms with Gasteiger partial charge in [-0.15, -0.1) is 0 Å². The Morgan fingerprint density at radius 2 is 2.23 bits per heavy atom. The number of H-pyrrole nitrogens is 1. The van der Waals surface area contributed by atoms with E-state index in [1.165, 1.54) is 0 Å². The van der Waals surface area contributed by atoms with Crippen molar-refractivity contribution in [3.8, 4) is 0 Å². The van der Waals surface area contributed by atoms with E-state index in [2.05, 4.69) is 23.8 Å². The van der Waals surface area contributed by atoms with Gasteiger partial charge in [0.1, 0.15) is 5.82 Å². The monoisotopic (exact) mass is 301 g/mol. The fraction of sp³-hybridized carbons (Fsp3) is 0.529. The Morgan fingerprint density at radius 3 is 2.95 bits per heavy atom. The molecule has 118 valence electrons. The minimum absolute atomic E-state index is 0.0988. The normalized spacial score (nSPS) is 21.0. The maximum Gasteiger partial charge on any atom is 0.230 e. The van der Waals surface area contributed by atoms with E-state index in [0.29, 0.717) is 13.0 Å². The van der Waals surface area contributed by atoms with E-state index < -0.39 is 0 Å². The van der Waals surface area contributed by atoms with Crippen molar-refractivity contribution in [2.24, 2.45) is 0 Å². The molecule has 0 aliphatic carbocycles. The van der Waals surface area contributed by atoms with Gasteiger partial charge in [-0.2, -0.15) is 0 Å². The summed E-state index contributed by atoms with van der Waals surface area (Å²) < 4.78 is 5.73. The van der Waals surface area contributed by atoms with Crippen LogP contribution in [-0.2, 0) is 16.0 Å². The number of aromatic amines is 1. The molecule has 3 rings (SSSR count). The first-order valence-electron chi connectivity index (χ1n) is 7.78. The van der Waals surface area contributed by atoms with Gasteiger partial charge >= 0.3 is 0 Å². The number of hydrogen-bond acceptors (Lipinski definition) is 3. The van der Waals surface area contributed by atoms with Crippen LogP contribution >= 0.6 is 0 Å². The predicted molar refractivity (Wildman–Crippen MR) is 85.6 cm³/mol. The first kappa shape index (κ1) is 15.0. The Labute approximate surface area is 130 Å². The van der Waals surface area contributed by atoms with Crippen molar-refractivity contribution in [2.45, 2.75) is 44.8 Å². The van der Waals surface area contributed by atoms with Crippen LogP contribution in [0.15, 0.2) is 24.3 Å². The third kappa shape index (κ3) is 3.14. The topological polar surface area (TPSA) is 58.2 Å². The summed E-state index contributed by atoms with van der Waals surface area (Å²) in [6, 6.07) is 8.07. The molecule has 1 aromatic heterocycles. The molecule has 1 aromatic carbocycles. The molecule has 5 heteroatoms. The fourth-order valence-electron chi connectivity index (χ4n) is 3.09. The Bertz CT molecular complexity index is 644. The minimum Gasteiger partial charge on any atom is -0.375 e. The maximum atomic E-state index is 12.5. The molecule has 1 saturated heterocycles. The number of benzene rings is 1. The van der Waals surface area contributed by atoms with Crippen LogP contribution in [0.3, 0.4) is 0 Å². The molecule has 1 aliphatic rings. The molecule has 1 N–H and O–H groups in total. The highest BCUT2D eigenvalue weighted by Gasteiger charge is 2.32. The lowest BCUT2D eigenvalue weighted by atomic mass is 9.93. The van der Waals surface area contributed by atoms with Gasteiger partial charge in [0.2, 0.25) is 5.91 Å². The van der Waals surface area contributed by atoms with E-state index in [1.54, 1.807) is 0 Å². The van der Waals surface area contributed by atoms with Gasteiger partial charge in [0.25, 0.3) is 0 Å². The van der Waals surface area contributed by atoms with Crippen LogP contribution in [0.25, 0.3) is 11.0 Å². The Hall–Kier alpha value is -1.88. The summed E-state index contributed by atoms with van der Waals surface area (Å²) in [7, 11) is 1.89. The van der Waals surface area contributed by atoms with Gasteiger partial charge in [-0.25, -0.2) is 4.98 Å². The molecule has 1 atom stereocenters. The molecule has 0 radical (unpaired) electrons. The average Bonchev–Trinajstić information content (AvgIpc) is 2.87. The summed E-state index contributed by atoms with van der Waals surface area (Å²) in [6.45, 7) is 4.87. The number of carbonyl (C=O) groups is 1. The van der Waals surface area contributed by atoms with Crippen molar-refractivity contribution in [3.63, 3.8) is 0 Å². The second-order valence-corrected chi connectivity index (χ2v) is 6.64. The summed E-state index contributed by atoms with van der Waals surface area (Å²) >= 11 is 0. The molecule has 5 nitrogen and oxygen atoms in total. The number of likely N-dealkylation sites (N-methyl/N-ethyl adjacent to an activating group) is 1. The summed E-state index contributed by atoms with van der Waals surface area (Å²) in [5, 5.41) is 0. The third-order valence-corrected chi connectivity index (χ3v) is 4.37. The maximum absolute atomic E-state index is 12.5. The van der Waals surface area contributed by atoms with Crippen molar-refractivity contribution < 1.29 is 9.53 Å². The summed E-state index contributed by atoms with van der Waals surface area (Å²) in [5.41, 5.74) is 1.72. The van der Waals surface area contributed by atoms with Crippen molar-refractivity contribution in [2.75, 3.05) is 13.7 Å². The van der Waals surface area contributed by atoms with E-state index in [9.17, 15) is 4.79 Å². The number of nitrogens with zero attached hydrogens (tertiary/aromatic N) is 2. The molecule has 0 bridgehead atoms. The zero-order valence-electron chi connectivity index (χ0n) is 13.4. The summed E-state index contributed by atoms with van der Waals surface area (Å²) in [4.78, 5) is 22.1. The quantitative estimate of drug-likeness (QED) is 0.947. The van der Waals surface area contributed by atoms with Gasteiger partial charge < -0.3 is 14.6 Å². The van der Waals surface area contributed by atoms with Gasteiger partial charge in [-0.3, -0.25) is 4.79 Å². The Morgan fingerprint density at radius 1 is 1.45 bits per heavy atom. The SMILES string of the molecule is CN(C(=O)Cc1nc2ccccc2[nH]1)C1CCOC(C)(C)C1. The summed E-state index contributed by atoms with van der Waals surface area (Å²) in [5.74, 6) is 0.825. The predicted octanol–water partition coefficient (Wildman–Crippen LogP) is 2.52. The average molecular weight is 301 g/mol. The second kappa shape index (κ2) is 5.72. The standard InChI is InChI=1S/C17H23N3O2/c1-17(2)11-12(8-9-22-17)20(3)16(21)10-15-18-13-6-4-5-7-14(13)19-15/h4-7,12H,8-11H2,1-3H3,(H,18,19). The number of ether oxygens (including phenoxy) is 1. The van der Waals surface area contributed by atoms with Crippen LogP contribution in [0.1, 0.15) is 32.5 Å². The lowest BCUT2D eigenvalue weighted by molar-refractivity contribution is -0.137. The second-order valence-electron chi connectivity index (χ2n) is 6.64.